The van der Waals surface area contributed by atoms with Crippen LogP contribution in [0.3, 0.4) is 0 Å². The van der Waals surface area contributed by atoms with Crippen molar-refractivity contribution in [3.63, 3.8) is 0 Å². The Labute approximate surface area is 183 Å². The number of carbonyl (C=O) groups excluding carboxylic acids is 1. The van der Waals surface area contributed by atoms with E-state index in [1.165, 1.54) is 0 Å². The van der Waals surface area contributed by atoms with Gasteiger partial charge in [0.15, 0.2) is 0 Å². The molecule has 8 nitrogen and oxygen atoms in total. The zero-order valence-corrected chi connectivity index (χ0v) is 18.6. The number of ether oxygens (including phenoxy) is 3. The number of aliphatic hydroxyl groups excluding tert-OH is 1. The fourth-order valence-corrected chi connectivity index (χ4v) is 3.52. The molecule has 0 radical (unpaired) electrons. The molecule has 1 saturated heterocycles. The van der Waals surface area contributed by atoms with Crippen LogP contribution < -0.4 is 15.0 Å². The summed E-state index contributed by atoms with van der Waals surface area (Å²) in [7, 11) is 1.69. The number of halogens is 1. The smallest absolute Gasteiger partial charge is 0.270 e. The molecule has 2 fully saturated rings. The Morgan fingerprint density at radius 1 is 1.35 bits per heavy atom. The van der Waals surface area contributed by atoms with Crippen molar-refractivity contribution in [1.82, 2.24) is 10.3 Å². The molecule has 1 saturated carbocycles. The Balaban J connectivity index is 1.69. The van der Waals surface area contributed by atoms with Crippen LogP contribution in [0.2, 0.25) is 0 Å². The number of aromatic nitrogens is 1. The summed E-state index contributed by atoms with van der Waals surface area (Å²) in [5.41, 5.74) is 1.09. The van der Waals surface area contributed by atoms with Gasteiger partial charge in [-0.1, -0.05) is 13.8 Å². The summed E-state index contributed by atoms with van der Waals surface area (Å²) in [6.45, 7) is 5.75. The van der Waals surface area contributed by atoms with E-state index in [1.54, 1.807) is 13.2 Å². The molecule has 1 aromatic rings. The fourth-order valence-electron chi connectivity index (χ4n) is 3.52. The summed E-state index contributed by atoms with van der Waals surface area (Å²) < 4.78 is 28.9. The number of nitrogens with one attached hydrogen (secondary N) is 1. The van der Waals surface area contributed by atoms with E-state index in [0.29, 0.717) is 18.4 Å². The van der Waals surface area contributed by atoms with Gasteiger partial charge >= 0.3 is 0 Å². The number of methoxy groups -OCH3 is 1. The Morgan fingerprint density at radius 2 is 2.13 bits per heavy atom. The van der Waals surface area contributed by atoms with Crippen LogP contribution in [0.5, 0.6) is 5.88 Å². The van der Waals surface area contributed by atoms with E-state index in [2.05, 4.69) is 15.2 Å². The molecule has 2 aliphatic rings. The van der Waals surface area contributed by atoms with E-state index in [0.717, 1.165) is 25.2 Å². The highest BCUT2D eigenvalue weighted by Crippen LogP contribution is 2.39. The normalized spacial score (nSPS) is 21.7. The standard InChI is InChI=1S/C22H34FN3O5/c1-14(2)19(13-30-7-6-23)24-21(28)18-4-5-20(26-9-17(10-26)29-3)22(25-18)31-12-16-8-15(16)11-27/h4-5,14-17,19,27H,6-13H2,1-3H3,(H,24,28)/t15-,16+,19-/m1/s1. The number of hydrogen-bond acceptors (Lipinski definition) is 7. The van der Waals surface area contributed by atoms with E-state index >= 15 is 0 Å². The number of nitrogens with zero attached hydrogens (tertiary/aromatic N) is 2. The lowest BCUT2D eigenvalue weighted by atomic mass is 10.1. The van der Waals surface area contributed by atoms with Crippen LogP contribution in [0.25, 0.3) is 0 Å². The molecule has 1 amide bonds. The predicted octanol–water partition coefficient (Wildman–Crippen LogP) is 1.66. The third kappa shape index (κ3) is 6.27. The molecule has 9 heteroatoms. The summed E-state index contributed by atoms with van der Waals surface area (Å²) >= 11 is 0. The molecule has 1 aliphatic heterocycles. The minimum absolute atomic E-state index is 0.0122. The number of rotatable bonds is 13. The molecule has 0 bridgehead atoms. The number of amides is 1. The number of carbonyl (C=O) groups is 1. The van der Waals surface area contributed by atoms with Crippen molar-refractivity contribution in [3.8, 4) is 5.88 Å². The number of anilines is 1. The van der Waals surface area contributed by atoms with Crippen molar-refractivity contribution in [2.24, 2.45) is 17.8 Å². The number of hydrogen-bond donors (Lipinski definition) is 2. The maximum absolute atomic E-state index is 12.8. The second-order valence-corrected chi connectivity index (χ2v) is 8.62. The number of aliphatic hydroxyl groups is 1. The molecule has 174 valence electrons. The van der Waals surface area contributed by atoms with E-state index in [4.69, 9.17) is 14.2 Å². The second kappa shape index (κ2) is 11.1. The molecule has 0 aromatic carbocycles. The third-order valence-corrected chi connectivity index (χ3v) is 5.97. The monoisotopic (exact) mass is 439 g/mol. The van der Waals surface area contributed by atoms with Gasteiger partial charge < -0.3 is 29.5 Å². The summed E-state index contributed by atoms with van der Waals surface area (Å²) in [5, 5.41) is 12.2. The van der Waals surface area contributed by atoms with Crippen LogP contribution in [-0.4, -0.2) is 81.4 Å². The number of pyridine rings is 1. The molecule has 31 heavy (non-hydrogen) atoms. The zero-order valence-electron chi connectivity index (χ0n) is 18.6. The molecule has 0 spiro atoms. The predicted molar refractivity (Wildman–Crippen MR) is 114 cm³/mol. The van der Waals surface area contributed by atoms with Crippen molar-refractivity contribution >= 4 is 11.6 Å². The van der Waals surface area contributed by atoms with Gasteiger partial charge in [0.05, 0.1) is 32.0 Å². The molecule has 2 heterocycles. The number of alkyl halides is 1. The summed E-state index contributed by atoms with van der Waals surface area (Å²) in [6, 6.07) is 3.29. The molecular formula is C22H34FN3O5. The minimum Gasteiger partial charge on any atom is -0.476 e. The summed E-state index contributed by atoms with van der Waals surface area (Å²) in [6.07, 6.45) is 1.12. The molecule has 1 aromatic heterocycles. The zero-order chi connectivity index (χ0) is 22.4. The van der Waals surface area contributed by atoms with Crippen LogP contribution in [0.15, 0.2) is 12.1 Å². The van der Waals surface area contributed by atoms with Crippen molar-refractivity contribution in [1.29, 1.82) is 0 Å². The maximum Gasteiger partial charge on any atom is 0.270 e. The first-order chi connectivity index (χ1) is 15.0. The lowest BCUT2D eigenvalue weighted by molar-refractivity contribution is 0.0729. The summed E-state index contributed by atoms with van der Waals surface area (Å²) in [4.78, 5) is 19.4. The van der Waals surface area contributed by atoms with Gasteiger partial charge in [0.25, 0.3) is 5.91 Å². The topological polar surface area (TPSA) is 93.2 Å². The first-order valence-electron chi connectivity index (χ1n) is 10.9. The van der Waals surface area contributed by atoms with Gasteiger partial charge in [-0.2, -0.15) is 0 Å². The largest absolute Gasteiger partial charge is 0.476 e. The van der Waals surface area contributed by atoms with E-state index in [-0.39, 0.29) is 55.4 Å². The highest BCUT2D eigenvalue weighted by molar-refractivity contribution is 5.93. The first kappa shape index (κ1) is 23.7. The lowest BCUT2D eigenvalue weighted by Crippen LogP contribution is -2.52. The lowest BCUT2D eigenvalue weighted by Gasteiger charge is -2.40. The highest BCUT2D eigenvalue weighted by atomic mass is 19.1. The van der Waals surface area contributed by atoms with Gasteiger partial charge in [0, 0.05) is 26.8 Å². The van der Waals surface area contributed by atoms with Gasteiger partial charge in [-0.05, 0) is 36.3 Å². The Hall–Kier alpha value is -1.97. The van der Waals surface area contributed by atoms with E-state index in [9.17, 15) is 14.3 Å². The first-order valence-corrected chi connectivity index (χ1v) is 10.9. The average molecular weight is 440 g/mol. The van der Waals surface area contributed by atoms with Crippen LogP contribution in [0, 0.1) is 17.8 Å². The van der Waals surface area contributed by atoms with E-state index in [1.807, 2.05) is 19.9 Å². The van der Waals surface area contributed by atoms with Crippen LogP contribution in [-0.2, 0) is 9.47 Å². The fraction of sp³-hybridized carbons (Fsp3) is 0.727. The third-order valence-electron chi connectivity index (χ3n) is 5.97. The van der Waals surface area contributed by atoms with Crippen LogP contribution >= 0.6 is 0 Å². The van der Waals surface area contributed by atoms with Gasteiger partial charge in [0.2, 0.25) is 5.88 Å². The molecule has 2 N–H and O–H groups in total. The van der Waals surface area contributed by atoms with Crippen molar-refractivity contribution < 1.29 is 28.5 Å². The minimum atomic E-state index is -0.555. The SMILES string of the molecule is COC1CN(c2ccc(C(=O)N[C@H](COCCF)C(C)C)nc2OC[C@@H]2C[C@@H]2CO)C1. The van der Waals surface area contributed by atoms with Crippen molar-refractivity contribution in [2.45, 2.75) is 32.4 Å². The van der Waals surface area contributed by atoms with E-state index < -0.39 is 6.67 Å². The quantitative estimate of drug-likeness (QED) is 0.452. The second-order valence-electron chi connectivity index (χ2n) is 8.62. The van der Waals surface area contributed by atoms with Gasteiger partial charge in [-0.25, -0.2) is 9.37 Å². The van der Waals surface area contributed by atoms with Crippen molar-refractivity contribution in [2.75, 3.05) is 58.2 Å². The molecule has 1 aliphatic carbocycles. The van der Waals surface area contributed by atoms with Crippen LogP contribution in [0.4, 0.5) is 10.1 Å². The van der Waals surface area contributed by atoms with Gasteiger partial charge in [-0.3, -0.25) is 4.79 Å². The molecule has 0 unspecified atom stereocenters. The van der Waals surface area contributed by atoms with Gasteiger partial charge in [0.1, 0.15) is 18.1 Å². The van der Waals surface area contributed by atoms with Gasteiger partial charge in [-0.15, -0.1) is 0 Å². The maximum atomic E-state index is 12.8. The van der Waals surface area contributed by atoms with Crippen LogP contribution in [0.1, 0.15) is 30.8 Å². The highest BCUT2D eigenvalue weighted by Gasteiger charge is 2.37. The Bertz CT molecular complexity index is 729. The average Bonchev–Trinajstić information content (AvgIpc) is 3.50. The summed E-state index contributed by atoms with van der Waals surface area (Å²) in [5.74, 6) is 0.819. The van der Waals surface area contributed by atoms with Crippen molar-refractivity contribution in [3.05, 3.63) is 17.8 Å². The molecule has 3 rings (SSSR count). The molecular weight excluding hydrogens is 405 g/mol. The Kier molecular flexibility index (Phi) is 8.45. The molecule has 3 atom stereocenters. The Morgan fingerprint density at radius 3 is 2.74 bits per heavy atom.